The summed E-state index contributed by atoms with van der Waals surface area (Å²) in [5.41, 5.74) is 0.492. The monoisotopic (exact) mass is 356 g/mol. The molecule has 0 bridgehead atoms. The lowest BCUT2D eigenvalue weighted by atomic mass is 9.45. The van der Waals surface area contributed by atoms with E-state index >= 15 is 0 Å². The van der Waals surface area contributed by atoms with E-state index in [0.29, 0.717) is 22.5 Å². The van der Waals surface area contributed by atoms with Crippen LogP contribution in [0.2, 0.25) is 0 Å². The van der Waals surface area contributed by atoms with E-state index in [1.165, 1.54) is 32.1 Å². The van der Waals surface area contributed by atoms with E-state index in [1.54, 1.807) is 10.8 Å². The largest absolute Gasteiger partial charge is 0.393 e. The van der Waals surface area contributed by atoms with Gasteiger partial charge in [-0.2, -0.15) is 0 Å². The van der Waals surface area contributed by atoms with Gasteiger partial charge in [0.1, 0.15) is 0 Å². The Hall–Kier alpha value is 0.620. The van der Waals surface area contributed by atoms with Crippen molar-refractivity contribution in [1.82, 2.24) is 0 Å². The van der Waals surface area contributed by atoms with Crippen molar-refractivity contribution in [2.24, 2.45) is 34.5 Å². The topological polar surface area (TPSA) is 40.5 Å². The van der Waals surface area contributed by atoms with Crippen LogP contribution in [0.25, 0.3) is 0 Å². The molecule has 4 rings (SSSR count). The predicted molar refractivity (Wildman–Crippen MR) is 99.5 cm³/mol. The molecule has 0 aromatic carbocycles. The summed E-state index contributed by atoms with van der Waals surface area (Å²) in [6.45, 7) is 4.87. The number of fused-ring (bicyclic) bond motifs is 5. The van der Waals surface area contributed by atoms with Crippen LogP contribution in [-0.2, 0) is 0 Å². The van der Waals surface area contributed by atoms with Crippen molar-refractivity contribution in [3.63, 3.8) is 0 Å². The van der Waals surface area contributed by atoms with Gasteiger partial charge in [-0.1, -0.05) is 24.6 Å². The summed E-state index contributed by atoms with van der Waals surface area (Å²) in [6.07, 6.45) is 8.96. The molecular weight excluding hydrogens is 324 g/mol. The molecule has 4 saturated carbocycles. The Bertz CT molecular complexity index is 462. The third-order valence-corrected chi connectivity index (χ3v) is 10.5. The van der Waals surface area contributed by atoms with Gasteiger partial charge in [-0.25, -0.2) is 0 Å². The first kappa shape index (κ1) is 17.1. The second kappa shape index (κ2) is 5.82. The van der Waals surface area contributed by atoms with Gasteiger partial charge in [-0.05, 0) is 85.9 Å². The molecule has 0 radical (unpaired) electrons. The summed E-state index contributed by atoms with van der Waals surface area (Å²) in [6, 6.07) is 0. The first-order valence-electron chi connectivity index (χ1n) is 9.57. The molecule has 0 aromatic heterocycles. The SMILES string of the molecule is C[C@]12CC[C@H]3[C@@H](CC[C@H]4C[C@H](O)CC(SS)[C@@]43C)[C@@H]1CC[C@@H]2O. The van der Waals surface area contributed by atoms with Gasteiger partial charge < -0.3 is 10.2 Å². The highest BCUT2D eigenvalue weighted by Crippen LogP contribution is 2.67. The predicted octanol–water partition coefficient (Wildman–Crippen LogP) is 4.31. The van der Waals surface area contributed by atoms with Gasteiger partial charge in [0, 0.05) is 5.25 Å². The van der Waals surface area contributed by atoms with Crippen molar-refractivity contribution in [3.05, 3.63) is 0 Å². The van der Waals surface area contributed by atoms with Crippen molar-refractivity contribution < 1.29 is 10.2 Å². The molecule has 0 amide bonds. The fraction of sp³-hybridized carbons (Fsp3) is 1.00. The van der Waals surface area contributed by atoms with E-state index in [4.69, 9.17) is 0 Å². The standard InChI is InChI=1S/C19H32O2S2/c1-18-8-7-15-13(14(18)5-6-16(18)21)4-3-11-9-12(20)10-17(23-22)19(11,15)2/h11-17,20-22H,3-10H2,1-2H3/t11-,12-,13-,14-,15-,16-,17?,18-,19-/m0/s1. The van der Waals surface area contributed by atoms with Gasteiger partial charge >= 0.3 is 0 Å². The smallest absolute Gasteiger partial charge is 0.0596 e. The lowest BCUT2D eigenvalue weighted by Gasteiger charge is -2.62. The van der Waals surface area contributed by atoms with E-state index in [2.05, 4.69) is 25.5 Å². The highest BCUT2D eigenvalue weighted by Gasteiger charge is 2.62. The van der Waals surface area contributed by atoms with Crippen molar-refractivity contribution >= 4 is 22.5 Å². The van der Waals surface area contributed by atoms with Crippen molar-refractivity contribution in [1.29, 1.82) is 0 Å². The Morgan fingerprint density at radius 3 is 2.48 bits per heavy atom. The van der Waals surface area contributed by atoms with Crippen LogP contribution in [0.1, 0.15) is 65.2 Å². The van der Waals surface area contributed by atoms with Crippen LogP contribution < -0.4 is 0 Å². The van der Waals surface area contributed by atoms with E-state index < -0.39 is 0 Å². The van der Waals surface area contributed by atoms with Crippen molar-refractivity contribution in [2.45, 2.75) is 82.7 Å². The molecule has 0 heterocycles. The molecule has 0 saturated heterocycles. The van der Waals surface area contributed by atoms with E-state index in [0.717, 1.165) is 31.1 Å². The molecule has 4 aliphatic rings. The minimum Gasteiger partial charge on any atom is -0.393 e. The normalized spacial score (nSPS) is 59.1. The molecule has 1 unspecified atom stereocenters. The van der Waals surface area contributed by atoms with Crippen LogP contribution in [-0.4, -0.2) is 27.7 Å². The molecule has 0 aliphatic heterocycles. The number of hydrogen-bond acceptors (Lipinski definition) is 4. The van der Waals surface area contributed by atoms with Gasteiger partial charge in [0.2, 0.25) is 0 Å². The zero-order valence-electron chi connectivity index (χ0n) is 14.4. The van der Waals surface area contributed by atoms with Crippen LogP contribution in [0.4, 0.5) is 0 Å². The fourth-order valence-corrected chi connectivity index (χ4v) is 9.24. The molecular formula is C19H32O2S2. The fourth-order valence-electron chi connectivity index (χ4n) is 7.40. The average molecular weight is 357 g/mol. The number of thiol groups is 1. The quantitative estimate of drug-likeness (QED) is 0.484. The average Bonchev–Trinajstić information content (AvgIpc) is 2.83. The van der Waals surface area contributed by atoms with E-state index in [-0.39, 0.29) is 17.6 Å². The Morgan fingerprint density at radius 1 is 0.957 bits per heavy atom. The molecule has 4 aliphatic carbocycles. The minimum absolute atomic E-state index is 0.0813. The third kappa shape index (κ3) is 2.30. The zero-order chi connectivity index (χ0) is 16.4. The Kier molecular flexibility index (Phi) is 4.32. The van der Waals surface area contributed by atoms with Gasteiger partial charge in [0.15, 0.2) is 0 Å². The molecule has 23 heavy (non-hydrogen) atoms. The van der Waals surface area contributed by atoms with Crippen molar-refractivity contribution in [2.75, 3.05) is 0 Å². The zero-order valence-corrected chi connectivity index (χ0v) is 16.2. The van der Waals surface area contributed by atoms with Gasteiger partial charge in [0.25, 0.3) is 0 Å². The van der Waals surface area contributed by atoms with Crippen LogP contribution in [0, 0.1) is 34.5 Å². The van der Waals surface area contributed by atoms with Crippen LogP contribution in [0.5, 0.6) is 0 Å². The second-order valence-electron chi connectivity index (χ2n) is 9.37. The molecule has 4 heteroatoms. The third-order valence-electron chi connectivity index (χ3n) is 8.78. The maximum atomic E-state index is 10.6. The summed E-state index contributed by atoms with van der Waals surface area (Å²) < 4.78 is 0. The van der Waals surface area contributed by atoms with Crippen LogP contribution in [0.3, 0.4) is 0 Å². The van der Waals surface area contributed by atoms with Crippen molar-refractivity contribution in [3.8, 4) is 0 Å². The molecule has 9 atom stereocenters. The summed E-state index contributed by atoms with van der Waals surface area (Å²) in [4.78, 5) is 0. The minimum atomic E-state index is -0.128. The molecule has 0 spiro atoms. The number of aliphatic hydroxyl groups excluding tert-OH is 2. The maximum Gasteiger partial charge on any atom is 0.0596 e. The lowest BCUT2D eigenvalue weighted by Crippen LogP contribution is -2.58. The van der Waals surface area contributed by atoms with Crippen LogP contribution in [0.15, 0.2) is 0 Å². The molecule has 2 nitrogen and oxygen atoms in total. The molecule has 2 N–H and O–H groups in total. The summed E-state index contributed by atoms with van der Waals surface area (Å²) in [5, 5.41) is 21.3. The van der Waals surface area contributed by atoms with E-state index in [1.807, 2.05) is 0 Å². The molecule has 132 valence electrons. The lowest BCUT2D eigenvalue weighted by molar-refractivity contribution is -0.130. The first-order chi connectivity index (χ1) is 10.9. The Morgan fingerprint density at radius 2 is 1.74 bits per heavy atom. The molecule has 4 fully saturated rings. The number of hydrogen-bond donors (Lipinski definition) is 3. The highest BCUT2D eigenvalue weighted by atomic mass is 33.1. The van der Waals surface area contributed by atoms with Crippen LogP contribution >= 0.6 is 22.5 Å². The van der Waals surface area contributed by atoms with Gasteiger partial charge in [-0.3, -0.25) is 0 Å². The maximum absolute atomic E-state index is 10.6. The Balaban J connectivity index is 1.67. The summed E-state index contributed by atoms with van der Waals surface area (Å²) in [7, 11) is 1.70. The van der Waals surface area contributed by atoms with Gasteiger partial charge in [0.05, 0.1) is 12.2 Å². The number of rotatable bonds is 1. The van der Waals surface area contributed by atoms with Gasteiger partial charge in [-0.15, -0.1) is 11.7 Å². The highest BCUT2D eigenvalue weighted by molar-refractivity contribution is 8.68. The summed E-state index contributed by atoms with van der Waals surface area (Å²) >= 11 is 4.60. The Labute approximate surface area is 150 Å². The molecule has 0 aromatic rings. The first-order valence-corrected chi connectivity index (χ1v) is 11.5. The second-order valence-corrected chi connectivity index (χ2v) is 10.8. The van der Waals surface area contributed by atoms with E-state index in [9.17, 15) is 10.2 Å². The summed E-state index contributed by atoms with van der Waals surface area (Å²) in [5.74, 6) is 2.92. The number of aliphatic hydroxyl groups is 2.